The molecule has 14 nitrogen and oxygen atoms in total. The average Bonchev–Trinajstić information content (AvgIpc) is 2.90. The number of aliphatic hydroxyl groups is 1. The number of aryl methyl sites for hydroxylation is 1. The molecule has 1 saturated heterocycles. The molecule has 0 aliphatic carbocycles. The number of piperidine rings is 1. The highest BCUT2D eigenvalue weighted by molar-refractivity contribution is 7.89. The van der Waals surface area contributed by atoms with Gasteiger partial charge >= 0.3 is 6.16 Å². The van der Waals surface area contributed by atoms with Crippen LogP contribution in [0.2, 0.25) is 0 Å². The van der Waals surface area contributed by atoms with Crippen molar-refractivity contribution in [3.63, 3.8) is 0 Å². The van der Waals surface area contributed by atoms with Crippen LogP contribution in [0.5, 0.6) is 0 Å². The molecule has 2 rings (SSSR count). The van der Waals surface area contributed by atoms with Crippen molar-refractivity contribution in [3.05, 3.63) is 35.9 Å². The molecular weight excluding hydrogens is 532 g/mol. The number of ether oxygens (including phenoxy) is 2. The van der Waals surface area contributed by atoms with Crippen molar-refractivity contribution in [3.8, 4) is 0 Å². The molecule has 1 aromatic carbocycles. The van der Waals surface area contributed by atoms with Crippen molar-refractivity contribution in [2.45, 2.75) is 63.9 Å². The molecule has 39 heavy (non-hydrogen) atoms. The van der Waals surface area contributed by atoms with Crippen LogP contribution in [-0.2, 0) is 35.5 Å². The summed E-state index contributed by atoms with van der Waals surface area (Å²) in [7, 11) is -4.00. The van der Waals surface area contributed by atoms with Crippen LogP contribution < -0.4 is 21.1 Å². The van der Waals surface area contributed by atoms with Crippen LogP contribution in [0.1, 0.15) is 38.7 Å². The van der Waals surface area contributed by atoms with E-state index in [-0.39, 0.29) is 24.7 Å². The summed E-state index contributed by atoms with van der Waals surface area (Å²) in [5, 5.41) is 23.0. The monoisotopic (exact) mass is 570 g/mol. The summed E-state index contributed by atoms with van der Waals surface area (Å²) in [6.45, 7) is 2.94. The van der Waals surface area contributed by atoms with Crippen LogP contribution in [0.15, 0.2) is 30.3 Å². The van der Waals surface area contributed by atoms with Gasteiger partial charge in [0.25, 0.3) is 0 Å². The summed E-state index contributed by atoms with van der Waals surface area (Å²) in [5.74, 6) is -2.21. The van der Waals surface area contributed by atoms with Gasteiger partial charge in [-0.05, 0) is 38.2 Å². The fourth-order valence-electron chi connectivity index (χ4n) is 3.79. The lowest BCUT2D eigenvalue weighted by Gasteiger charge is -2.38. The third kappa shape index (κ3) is 10.7. The number of benzene rings is 1. The van der Waals surface area contributed by atoms with Crippen molar-refractivity contribution in [2.75, 3.05) is 25.5 Å². The number of nitrogens with two attached hydrogens (primary N) is 1. The van der Waals surface area contributed by atoms with Crippen LogP contribution >= 0.6 is 0 Å². The second-order valence-corrected chi connectivity index (χ2v) is 11.0. The number of nitrogens with zero attached hydrogens (tertiary/aromatic N) is 1. The van der Waals surface area contributed by atoms with E-state index in [0.717, 1.165) is 5.56 Å². The van der Waals surface area contributed by atoms with E-state index in [0.29, 0.717) is 25.8 Å². The van der Waals surface area contributed by atoms with Crippen molar-refractivity contribution < 1.29 is 37.4 Å². The zero-order valence-electron chi connectivity index (χ0n) is 22.1. The second-order valence-electron chi connectivity index (χ2n) is 9.11. The van der Waals surface area contributed by atoms with Gasteiger partial charge in [-0.1, -0.05) is 37.3 Å². The summed E-state index contributed by atoms with van der Waals surface area (Å²) in [6.07, 6.45) is -0.559. The zero-order valence-corrected chi connectivity index (χ0v) is 22.9. The number of likely N-dealkylation sites (tertiary alicyclic amines) is 1. The Morgan fingerprint density at radius 2 is 1.90 bits per heavy atom. The fourth-order valence-corrected chi connectivity index (χ4v) is 5.02. The molecule has 1 aromatic rings. The molecule has 1 aliphatic heterocycles. The summed E-state index contributed by atoms with van der Waals surface area (Å²) >= 11 is 0. The first-order valence-electron chi connectivity index (χ1n) is 12.7. The molecule has 0 bridgehead atoms. The van der Waals surface area contributed by atoms with E-state index in [2.05, 4.69) is 15.4 Å². The molecule has 7 N–H and O–H groups in total. The number of sulfonamides is 1. The second kappa shape index (κ2) is 15.2. The molecule has 0 saturated carbocycles. The Balaban J connectivity index is 2.03. The lowest BCUT2D eigenvalue weighted by atomic mass is 10.0. The predicted octanol–water partition coefficient (Wildman–Crippen LogP) is -0.623. The van der Waals surface area contributed by atoms with Crippen molar-refractivity contribution in [1.82, 2.24) is 20.3 Å². The fraction of sp³-hybridized carbons (Fsp3) is 0.583. The van der Waals surface area contributed by atoms with E-state index in [1.54, 1.807) is 37.3 Å². The first-order valence-corrected chi connectivity index (χ1v) is 14.3. The largest absolute Gasteiger partial charge is 0.508 e. The number of nitrogens with one attached hydrogen (secondary N) is 4. The molecule has 0 radical (unpaired) electrons. The summed E-state index contributed by atoms with van der Waals surface area (Å²) < 4.78 is 37.5. The van der Waals surface area contributed by atoms with E-state index >= 15 is 0 Å². The van der Waals surface area contributed by atoms with Crippen LogP contribution in [-0.4, -0.2) is 92.2 Å². The van der Waals surface area contributed by atoms with E-state index < -0.39 is 59.0 Å². The van der Waals surface area contributed by atoms with Gasteiger partial charge in [-0.15, -0.1) is 0 Å². The number of aliphatic hydroxyl groups excluding tert-OH is 1. The third-order valence-corrected chi connectivity index (χ3v) is 7.30. The quantitative estimate of drug-likeness (QED) is 0.100. The number of carbonyl (C=O) groups is 3. The van der Waals surface area contributed by atoms with E-state index in [9.17, 15) is 27.9 Å². The van der Waals surface area contributed by atoms with Gasteiger partial charge in [-0.2, -0.15) is 4.72 Å². The van der Waals surface area contributed by atoms with E-state index in [1.807, 2.05) is 0 Å². The summed E-state index contributed by atoms with van der Waals surface area (Å²) in [5.41, 5.74) is 6.25. The molecule has 1 fully saturated rings. The molecule has 2 amide bonds. The standard InChI is InChI=1S/C24H38N6O8S/c1-3-13-37-24(34)38-15-19(29-39(35,36)14-11-17-8-5-4-6-9-17)21(32)27-16(2)20(31)28-18-10-7-12-30(22(18)33)23(25)26/h4-6,8-9,16,18-19,22,29,33H,3,7,10-15H2,1-2H3,(H3,25,26)(H,27,32)(H,28,31)/t16-,18-,19+,22?/m0/s1. The smallest absolute Gasteiger partial charge is 0.434 e. The lowest BCUT2D eigenvalue weighted by Crippen LogP contribution is -2.61. The van der Waals surface area contributed by atoms with Crippen LogP contribution in [0.4, 0.5) is 4.79 Å². The van der Waals surface area contributed by atoms with Crippen LogP contribution in [0, 0.1) is 5.41 Å². The Bertz CT molecular complexity index is 1090. The topological polar surface area (TPSA) is 213 Å². The Morgan fingerprint density at radius 1 is 1.21 bits per heavy atom. The Kier molecular flexibility index (Phi) is 12.4. The normalized spacial score (nSPS) is 18.9. The highest BCUT2D eigenvalue weighted by atomic mass is 32.2. The summed E-state index contributed by atoms with van der Waals surface area (Å²) in [4.78, 5) is 38.8. The molecular formula is C24H38N6O8S. The Hall–Kier alpha value is -3.43. The molecule has 0 aromatic heterocycles. The minimum atomic E-state index is -4.00. The van der Waals surface area contributed by atoms with E-state index in [1.165, 1.54) is 11.8 Å². The number of carbonyl (C=O) groups excluding carboxylic acids is 3. The number of rotatable bonds is 13. The molecule has 218 valence electrons. The zero-order chi connectivity index (χ0) is 29.0. The van der Waals surface area contributed by atoms with Gasteiger partial charge in [0, 0.05) is 6.54 Å². The minimum Gasteiger partial charge on any atom is -0.434 e. The Labute approximate surface area is 228 Å². The van der Waals surface area contributed by atoms with Gasteiger partial charge in [0.2, 0.25) is 21.8 Å². The van der Waals surface area contributed by atoms with Gasteiger partial charge in [0.15, 0.2) is 5.96 Å². The predicted molar refractivity (Wildman–Crippen MR) is 142 cm³/mol. The van der Waals surface area contributed by atoms with E-state index in [4.69, 9.17) is 20.6 Å². The molecule has 15 heteroatoms. The lowest BCUT2D eigenvalue weighted by molar-refractivity contribution is -0.131. The maximum absolute atomic E-state index is 13.0. The number of hydrogen-bond donors (Lipinski definition) is 6. The minimum absolute atomic E-state index is 0.0871. The van der Waals surface area contributed by atoms with Gasteiger partial charge < -0.3 is 35.8 Å². The van der Waals surface area contributed by atoms with Gasteiger partial charge in [-0.3, -0.25) is 15.0 Å². The number of hydrogen-bond acceptors (Lipinski definition) is 9. The van der Waals surface area contributed by atoms with Crippen LogP contribution in [0.3, 0.4) is 0 Å². The number of guanidine groups is 1. The highest BCUT2D eigenvalue weighted by Crippen LogP contribution is 2.15. The maximum Gasteiger partial charge on any atom is 0.508 e. The molecule has 0 spiro atoms. The van der Waals surface area contributed by atoms with Crippen molar-refractivity contribution in [2.24, 2.45) is 5.73 Å². The maximum atomic E-state index is 13.0. The van der Waals surface area contributed by atoms with Gasteiger partial charge in [0.1, 0.15) is 24.9 Å². The molecule has 4 atom stereocenters. The SMILES string of the molecule is CCCOC(=O)OC[C@@H](NS(=O)(=O)CCc1ccccc1)C(=O)N[C@@H](C)C(=O)N[C@H]1CCCN(C(=N)N)C1O. The van der Waals surface area contributed by atoms with Crippen molar-refractivity contribution >= 4 is 34.0 Å². The number of amides is 2. The molecule has 1 unspecified atom stereocenters. The van der Waals surface area contributed by atoms with Crippen molar-refractivity contribution in [1.29, 1.82) is 5.41 Å². The molecule has 1 aliphatic rings. The molecule has 1 heterocycles. The van der Waals surface area contributed by atoms with Gasteiger partial charge in [-0.25, -0.2) is 13.2 Å². The Morgan fingerprint density at radius 3 is 2.54 bits per heavy atom. The third-order valence-electron chi connectivity index (χ3n) is 5.91. The first kappa shape index (κ1) is 31.8. The average molecular weight is 571 g/mol. The summed E-state index contributed by atoms with van der Waals surface area (Å²) in [6, 6.07) is 5.48. The van der Waals surface area contributed by atoms with Crippen LogP contribution in [0.25, 0.3) is 0 Å². The van der Waals surface area contributed by atoms with Gasteiger partial charge in [0.05, 0.1) is 18.4 Å². The highest BCUT2D eigenvalue weighted by Gasteiger charge is 2.34. The first-order chi connectivity index (χ1) is 18.4.